The largest absolute Gasteiger partial charge is 0.466 e. The van der Waals surface area contributed by atoms with Gasteiger partial charge in [0.25, 0.3) is 0 Å². The number of rotatable bonds is 6. The van der Waals surface area contributed by atoms with E-state index in [2.05, 4.69) is 10.3 Å². The lowest BCUT2D eigenvalue weighted by Crippen LogP contribution is -2.37. The van der Waals surface area contributed by atoms with Crippen LogP contribution in [0.5, 0.6) is 0 Å². The maximum absolute atomic E-state index is 14.5. The summed E-state index contributed by atoms with van der Waals surface area (Å²) in [5.41, 5.74) is 0.138. The fourth-order valence-corrected chi connectivity index (χ4v) is 3.62. The number of nitrogens with one attached hydrogen (secondary N) is 1. The van der Waals surface area contributed by atoms with Gasteiger partial charge in [0.1, 0.15) is 18.6 Å². The van der Waals surface area contributed by atoms with Crippen LogP contribution in [-0.4, -0.2) is 51.1 Å². The highest BCUT2D eigenvalue weighted by molar-refractivity contribution is 6.01. The Balaban J connectivity index is 2.34. The summed E-state index contributed by atoms with van der Waals surface area (Å²) >= 11 is 0. The number of aromatic nitrogens is 1. The van der Waals surface area contributed by atoms with E-state index in [9.17, 15) is 18.4 Å². The highest BCUT2D eigenvalue weighted by atomic mass is 19.1. The van der Waals surface area contributed by atoms with E-state index >= 15 is 0 Å². The summed E-state index contributed by atoms with van der Waals surface area (Å²) in [5.74, 6) is -3.63. The van der Waals surface area contributed by atoms with Crippen molar-refractivity contribution in [2.75, 3.05) is 27.9 Å². The Morgan fingerprint density at radius 2 is 2.00 bits per heavy atom. The van der Waals surface area contributed by atoms with Crippen molar-refractivity contribution < 1.29 is 37.3 Å². The second-order valence-corrected chi connectivity index (χ2v) is 6.39. The summed E-state index contributed by atoms with van der Waals surface area (Å²) in [6.45, 7) is 1.05. The molecule has 0 aromatic carbocycles. The van der Waals surface area contributed by atoms with Gasteiger partial charge in [0.05, 0.1) is 41.8 Å². The molecule has 1 aromatic rings. The number of cyclic esters (lactones) is 1. The first-order chi connectivity index (χ1) is 13.8. The van der Waals surface area contributed by atoms with Crippen molar-refractivity contribution in [2.24, 2.45) is 0 Å². The molecule has 10 heteroatoms. The third kappa shape index (κ3) is 3.49. The number of methoxy groups -OCH3 is 3. The van der Waals surface area contributed by atoms with Crippen LogP contribution < -0.4 is 5.32 Å². The Hall–Kier alpha value is -2.85. The first-order valence-electron chi connectivity index (χ1n) is 8.68. The Kier molecular flexibility index (Phi) is 5.94. The van der Waals surface area contributed by atoms with Gasteiger partial charge in [-0.3, -0.25) is 4.98 Å². The molecule has 2 aliphatic heterocycles. The standard InChI is InChI=1S/C19H20F2N2O6/c1-8(20)12-9(5-22-6-10(12)21)13-14-11(7-29-18(14)25)23-16(19(27-3)28-4)15(13)17(24)26-2/h5-6,8,13,19,23H,7H2,1-4H3. The van der Waals surface area contributed by atoms with Crippen LogP contribution in [0, 0.1) is 5.82 Å². The molecule has 0 amide bonds. The monoisotopic (exact) mass is 410 g/mol. The molecular formula is C19H20F2N2O6. The third-order valence-corrected chi connectivity index (χ3v) is 4.79. The van der Waals surface area contributed by atoms with Gasteiger partial charge >= 0.3 is 11.9 Å². The molecule has 3 heterocycles. The van der Waals surface area contributed by atoms with Gasteiger partial charge in [0.2, 0.25) is 0 Å². The highest BCUT2D eigenvalue weighted by Crippen LogP contribution is 2.44. The molecule has 1 aromatic heterocycles. The minimum Gasteiger partial charge on any atom is -0.466 e. The van der Waals surface area contributed by atoms with Gasteiger partial charge in [-0.15, -0.1) is 0 Å². The van der Waals surface area contributed by atoms with Crippen molar-refractivity contribution in [3.63, 3.8) is 0 Å². The average molecular weight is 410 g/mol. The quantitative estimate of drug-likeness (QED) is 0.560. The summed E-state index contributed by atoms with van der Waals surface area (Å²) in [4.78, 5) is 29.0. The van der Waals surface area contributed by atoms with E-state index in [0.717, 1.165) is 20.2 Å². The van der Waals surface area contributed by atoms with E-state index in [4.69, 9.17) is 18.9 Å². The van der Waals surface area contributed by atoms with Crippen LogP contribution in [-0.2, 0) is 28.5 Å². The number of nitrogens with zero attached hydrogens (tertiary/aromatic N) is 1. The number of dihydropyridines is 1. The normalized spacial score (nSPS) is 19.8. The molecule has 2 aliphatic rings. The maximum atomic E-state index is 14.5. The lowest BCUT2D eigenvalue weighted by atomic mass is 9.78. The summed E-state index contributed by atoms with van der Waals surface area (Å²) in [6, 6.07) is 0. The van der Waals surface area contributed by atoms with E-state index in [-0.39, 0.29) is 34.6 Å². The van der Waals surface area contributed by atoms with Gasteiger partial charge in [-0.2, -0.15) is 0 Å². The van der Waals surface area contributed by atoms with Gasteiger partial charge in [0.15, 0.2) is 6.29 Å². The number of hydrogen-bond acceptors (Lipinski definition) is 8. The van der Waals surface area contributed by atoms with E-state index < -0.39 is 36.1 Å². The third-order valence-electron chi connectivity index (χ3n) is 4.79. The lowest BCUT2D eigenvalue weighted by Gasteiger charge is -2.32. The number of carbonyl (C=O) groups excluding carboxylic acids is 2. The van der Waals surface area contributed by atoms with Gasteiger partial charge in [-0.25, -0.2) is 18.4 Å². The number of halogens is 2. The van der Waals surface area contributed by atoms with Gasteiger partial charge in [0, 0.05) is 26.0 Å². The molecule has 0 saturated carbocycles. The molecule has 3 rings (SSSR count). The Labute approximate surface area is 165 Å². The zero-order valence-electron chi connectivity index (χ0n) is 16.2. The number of alkyl halides is 1. The second-order valence-electron chi connectivity index (χ2n) is 6.39. The van der Waals surface area contributed by atoms with Crippen molar-refractivity contribution in [3.05, 3.63) is 51.9 Å². The zero-order chi connectivity index (χ0) is 21.3. The van der Waals surface area contributed by atoms with Crippen molar-refractivity contribution in [3.8, 4) is 0 Å². The number of pyridine rings is 1. The molecule has 0 fully saturated rings. The molecule has 0 saturated heterocycles. The van der Waals surface area contributed by atoms with Gasteiger partial charge in [-0.1, -0.05) is 0 Å². The molecule has 0 aliphatic carbocycles. The summed E-state index contributed by atoms with van der Waals surface area (Å²) in [7, 11) is 3.86. The van der Waals surface area contributed by atoms with Crippen LogP contribution >= 0.6 is 0 Å². The zero-order valence-corrected chi connectivity index (χ0v) is 16.2. The molecule has 0 bridgehead atoms. The first-order valence-corrected chi connectivity index (χ1v) is 8.68. The smallest absolute Gasteiger partial charge is 0.337 e. The maximum Gasteiger partial charge on any atom is 0.337 e. The number of hydrogen-bond donors (Lipinski definition) is 1. The van der Waals surface area contributed by atoms with Crippen LogP contribution in [0.4, 0.5) is 8.78 Å². The molecule has 0 spiro atoms. The minimum absolute atomic E-state index is 0.0108. The van der Waals surface area contributed by atoms with Crippen LogP contribution in [0.25, 0.3) is 0 Å². The SMILES string of the molecule is COC(=O)C1=C(C(OC)OC)NC2=C(C(=O)OC2)C1c1cncc(F)c1C(C)F. The van der Waals surface area contributed by atoms with Crippen LogP contribution in [0.3, 0.4) is 0 Å². The Bertz CT molecular complexity index is 908. The van der Waals surface area contributed by atoms with E-state index in [1.807, 2.05) is 0 Å². The summed E-state index contributed by atoms with van der Waals surface area (Å²) < 4.78 is 49.3. The molecule has 2 atom stereocenters. The highest BCUT2D eigenvalue weighted by Gasteiger charge is 2.45. The van der Waals surface area contributed by atoms with Crippen molar-refractivity contribution >= 4 is 11.9 Å². The van der Waals surface area contributed by atoms with Crippen LogP contribution in [0.1, 0.15) is 30.1 Å². The van der Waals surface area contributed by atoms with Crippen molar-refractivity contribution in [1.82, 2.24) is 10.3 Å². The van der Waals surface area contributed by atoms with Crippen LogP contribution in [0.15, 0.2) is 34.9 Å². The summed E-state index contributed by atoms with van der Waals surface area (Å²) in [6.07, 6.45) is -0.680. The van der Waals surface area contributed by atoms with Gasteiger partial charge in [-0.05, 0) is 12.5 Å². The Morgan fingerprint density at radius 1 is 1.31 bits per heavy atom. The molecule has 156 valence electrons. The molecule has 2 unspecified atom stereocenters. The molecule has 1 N–H and O–H groups in total. The van der Waals surface area contributed by atoms with E-state index in [1.165, 1.54) is 20.4 Å². The minimum atomic E-state index is -1.73. The fourth-order valence-electron chi connectivity index (χ4n) is 3.62. The second kappa shape index (κ2) is 8.26. The van der Waals surface area contributed by atoms with E-state index in [1.54, 1.807) is 0 Å². The van der Waals surface area contributed by atoms with Crippen molar-refractivity contribution in [1.29, 1.82) is 0 Å². The molecular weight excluding hydrogens is 390 g/mol. The lowest BCUT2D eigenvalue weighted by molar-refractivity contribution is -0.137. The van der Waals surface area contributed by atoms with Crippen LogP contribution in [0.2, 0.25) is 0 Å². The van der Waals surface area contributed by atoms with Crippen molar-refractivity contribution in [2.45, 2.75) is 25.3 Å². The molecule has 29 heavy (non-hydrogen) atoms. The Morgan fingerprint density at radius 3 is 2.59 bits per heavy atom. The van der Waals surface area contributed by atoms with Gasteiger partial charge < -0.3 is 24.3 Å². The fraction of sp³-hybridized carbons (Fsp3) is 0.421. The average Bonchev–Trinajstić information content (AvgIpc) is 3.07. The van der Waals surface area contributed by atoms with E-state index in [0.29, 0.717) is 5.70 Å². The number of ether oxygens (including phenoxy) is 4. The molecule has 8 nitrogen and oxygen atoms in total. The molecule has 0 radical (unpaired) electrons. The predicted molar refractivity (Wildman–Crippen MR) is 94.4 cm³/mol. The first kappa shape index (κ1) is 20.9. The predicted octanol–water partition coefficient (Wildman–Crippen LogP) is 1.79. The number of carbonyl (C=O) groups is 2. The number of esters is 2. The summed E-state index contributed by atoms with van der Waals surface area (Å²) in [5, 5.41) is 2.93. The topological polar surface area (TPSA) is 96.0 Å².